The van der Waals surface area contributed by atoms with Crippen molar-refractivity contribution in [2.45, 2.75) is 45.3 Å². The van der Waals surface area contributed by atoms with Crippen molar-refractivity contribution in [3.8, 4) is 0 Å². The lowest BCUT2D eigenvalue weighted by Gasteiger charge is -2.44. The van der Waals surface area contributed by atoms with Gasteiger partial charge in [0.25, 0.3) is 0 Å². The van der Waals surface area contributed by atoms with Gasteiger partial charge in [-0.25, -0.2) is 9.97 Å². The zero-order valence-corrected chi connectivity index (χ0v) is 19.4. The Morgan fingerprint density at radius 3 is 2.94 bits per heavy atom. The summed E-state index contributed by atoms with van der Waals surface area (Å²) in [6, 6.07) is 4.44. The van der Waals surface area contributed by atoms with Gasteiger partial charge in [0, 0.05) is 34.8 Å². The van der Waals surface area contributed by atoms with Crippen molar-refractivity contribution in [1.82, 2.24) is 19.4 Å². The Morgan fingerprint density at radius 1 is 1.41 bits per heavy atom. The van der Waals surface area contributed by atoms with E-state index in [9.17, 15) is 4.79 Å². The van der Waals surface area contributed by atoms with Gasteiger partial charge in [-0.15, -0.1) is 11.3 Å². The molecule has 0 spiro atoms. The summed E-state index contributed by atoms with van der Waals surface area (Å²) in [5.74, 6) is 0.728. The number of morpholine rings is 1. The van der Waals surface area contributed by atoms with E-state index in [0.29, 0.717) is 25.7 Å². The van der Waals surface area contributed by atoms with E-state index in [1.54, 1.807) is 11.3 Å². The van der Waals surface area contributed by atoms with Gasteiger partial charge in [0.2, 0.25) is 5.91 Å². The molecule has 32 heavy (non-hydrogen) atoms. The minimum absolute atomic E-state index is 0.0125. The van der Waals surface area contributed by atoms with Gasteiger partial charge in [0.1, 0.15) is 5.82 Å². The normalized spacial score (nSPS) is 20.5. The maximum absolute atomic E-state index is 12.5. The molecular formula is C24H27N5O2S. The van der Waals surface area contributed by atoms with Crippen molar-refractivity contribution >= 4 is 44.7 Å². The molecule has 7 nitrogen and oxygen atoms in total. The molecule has 2 aliphatic rings. The molecule has 166 valence electrons. The Kier molecular flexibility index (Phi) is 5.35. The summed E-state index contributed by atoms with van der Waals surface area (Å²) < 4.78 is 8.02. The molecule has 2 atom stereocenters. The minimum atomic E-state index is -0.106. The van der Waals surface area contributed by atoms with Gasteiger partial charge in [-0.05, 0) is 44.9 Å². The van der Waals surface area contributed by atoms with Crippen LogP contribution in [0.4, 0.5) is 10.9 Å². The lowest BCUT2D eigenvalue weighted by molar-refractivity contribution is -0.138. The van der Waals surface area contributed by atoms with E-state index in [1.807, 2.05) is 18.0 Å². The molecule has 1 fully saturated rings. The summed E-state index contributed by atoms with van der Waals surface area (Å²) in [6.07, 6.45) is 8.22. The van der Waals surface area contributed by atoms with Crippen LogP contribution in [0.5, 0.6) is 0 Å². The first-order valence-corrected chi connectivity index (χ1v) is 11.7. The molecule has 2 bridgehead atoms. The van der Waals surface area contributed by atoms with Crippen LogP contribution in [-0.2, 0) is 9.53 Å². The highest BCUT2D eigenvalue weighted by Gasteiger charge is 2.37. The Bertz CT molecular complexity index is 1220. The van der Waals surface area contributed by atoms with Crippen LogP contribution in [0.15, 0.2) is 43.3 Å². The van der Waals surface area contributed by atoms with Gasteiger partial charge >= 0.3 is 0 Å². The largest absolute Gasteiger partial charge is 0.377 e. The molecule has 8 heteroatoms. The third-order valence-electron chi connectivity index (χ3n) is 6.06. The Balaban J connectivity index is 1.62. The van der Waals surface area contributed by atoms with E-state index >= 15 is 0 Å². The van der Waals surface area contributed by atoms with Crippen LogP contribution < -0.4 is 5.32 Å². The number of rotatable bonds is 5. The van der Waals surface area contributed by atoms with Crippen molar-refractivity contribution < 1.29 is 9.53 Å². The van der Waals surface area contributed by atoms with Crippen LogP contribution in [0.1, 0.15) is 36.9 Å². The second-order valence-electron chi connectivity index (χ2n) is 8.61. The number of hydrogen-bond acceptors (Lipinski definition) is 6. The van der Waals surface area contributed by atoms with E-state index in [2.05, 4.69) is 59.7 Å². The number of ether oxygens (including phenoxy) is 1. The van der Waals surface area contributed by atoms with Crippen molar-refractivity contribution in [2.75, 3.05) is 18.5 Å². The monoisotopic (exact) mass is 449 g/mol. The van der Waals surface area contributed by atoms with Crippen LogP contribution in [0.3, 0.4) is 0 Å². The van der Waals surface area contributed by atoms with Crippen molar-refractivity contribution in [1.29, 1.82) is 0 Å². The lowest BCUT2D eigenvalue weighted by atomic mass is 9.90. The number of fused-ring (bicyclic) bond motifs is 3. The number of nitrogens with one attached hydrogen (secondary N) is 1. The molecule has 5 heterocycles. The van der Waals surface area contributed by atoms with Crippen LogP contribution in [0, 0.1) is 6.92 Å². The Labute approximate surface area is 191 Å². The summed E-state index contributed by atoms with van der Waals surface area (Å²) in [5, 5.41) is 5.34. The molecule has 2 aliphatic heterocycles. The second-order valence-corrected chi connectivity index (χ2v) is 9.85. The van der Waals surface area contributed by atoms with Crippen molar-refractivity contribution in [3.05, 3.63) is 53.8 Å². The average Bonchev–Trinajstić information content (AvgIpc) is 3.37. The van der Waals surface area contributed by atoms with Crippen LogP contribution in [-0.4, -0.2) is 50.6 Å². The highest BCUT2D eigenvalue weighted by atomic mass is 32.1. The number of aryl methyl sites for hydroxylation is 1. The highest BCUT2D eigenvalue weighted by molar-refractivity contribution is 7.15. The molecule has 0 aromatic carbocycles. The second kappa shape index (κ2) is 8.18. The predicted octanol–water partition coefficient (Wildman–Crippen LogP) is 4.69. The van der Waals surface area contributed by atoms with Crippen LogP contribution >= 0.6 is 11.3 Å². The number of carbonyl (C=O) groups excluding carboxylic acids is 1. The molecule has 3 aromatic heterocycles. The highest BCUT2D eigenvalue weighted by Crippen LogP contribution is 2.37. The third-order valence-corrected chi connectivity index (χ3v) is 6.89. The van der Waals surface area contributed by atoms with Crippen LogP contribution in [0.25, 0.3) is 16.5 Å². The van der Waals surface area contributed by atoms with Gasteiger partial charge in [-0.2, -0.15) is 0 Å². The molecule has 0 radical (unpaired) electrons. The first kappa shape index (κ1) is 20.9. The van der Waals surface area contributed by atoms with Crippen molar-refractivity contribution in [2.24, 2.45) is 0 Å². The number of nitrogens with zero attached hydrogens (tertiary/aromatic N) is 4. The first-order chi connectivity index (χ1) is 15.4. The molecule has 1 N–H and O–H groups in total. The summed E-state index contributed by atoms with van der Waals surface area (Å²) >= 11 is 1.61. The Hall–Kier alpha value is -2.97. The number of anilines is 2. The fourth-order valence-corrected chi connectivity index (χ4v) is 5.33. The van der Waals surface area contributed by atoms with Gasteiger partial charge in [0.15, 0.2) is 5.13 Å². The van der Waals surface area contributed by atoms with Gasteiger partial charge < -0.3 is 19.5 Å². The maximum atomic E-state index is 12.5. The van der Waals surface area contributed by atoms with E-state index < -0.39 is 0 Å². The average molecular weight is 450 g/mol. The zero-order chi connectivity index (χ0) is 22.4. The minimum Gasteiger partial charge on any atom is -0.377 e. The molecular weight excluding hydrogens is 422 g/mol. The van der Waals surface area contributed by atoms with E-state index in [1.165, 1.54) is 6.08 Å². The third kappa shape index (κ3) is 3.63. The van der Waals surface area contributed by atoms with Crippen molar-refractivity contribution in [3.63, 3.8) is 0 Å². The smallest absolute Gasteiger partial charge is 0.246 e. The summed E-state index contributed by atoms with van der Waals surface area (Å²) in [5.41, 5.74) is 3.25. The van der Waals surface area contributed by atoms with Crippen LogP contribution in [0.2, 0.25) is 0 Å². The lowest BCUT2D eigenvalue weighted by Crippen LogP contribution is -2.55. The van der Waals surface area contributed by atoms with Gasteiger partial charge in [-0.1, -0.05) is 12.7 Å². The van der Waals surface area contributed by atoms with E-state index in [4.69, 9.17) is 9.72 Å². The number of amides is 1. The Morgan fingerprint density at radius 2 is 2.25 bits per heavy atom. The summed E-state index contributed by atoms with van der Waals surface area (Å²) in [7, 11) is 0. The molecule has 0 saturated carbocycles. The molecule has 5 rings (SSSR count). The number of aromatic nitrogens is 3. The molecule has 3 aromatic rings. The number of pyridine rings is 1. The maximum Gasteiger partial charge on any atom is 0.246 e. The van der Waals surface area contributed by atoms with E-state index in [-0.39, 0.29) is 18.0 Å². The quantitative estimate of drug-likeness (QED) is 0.572. The molecule has 1 amide bonds. The number of carbonyl (C=O) groups is 1. The standard InChI is InChI=1S/C24H27N5O2S/c1-5-22(30)29-17-8-16(9-18(29)13-31-12-17)23-19-6-7-28(14(2)3)20(19)10-21(26-23)27-24-25-11-15(4)32-24/h5-8,10-11,14,17-18H,1,9,12-13H2,2-4H3,(H,25,26,27). The predicted molar refractivity (Wildman–Crippen MR) is 128 cm³/mol. The van der Waals surface area contributed by atoms with Gasteiger partial charge in [0.05, 0.1) is 36.5 Å². The fraction of sp³-hybridized carbons (Fsp3) is 0.375. The fourth-order valence-electron chi connectivity index (χ4n) is 4.66. The van der Waals surface area contributed by atoms with E-state index in [0.717, 1.165) is 38.0 Å². The molecule has 0 aliphatic carbocycles. The zero-order valence-electron chi connectivity index (χ0n) is 18.5. The first-order valence-electron chi connectivity index (χ1n) is 10.9. The topological polar surface area (TPSA) is 72.3 Å². The summed E-state index contributed by atoms with van der Waals surface area (Å²) in [4.78, 5) is 25.0. The summed E-state index contributed by atoms with van der Waals surface area (Å²) in [6.45, 7) is 11.1. The van der Waals surface area contributed by atoms with Gasteiger partial charge in [-0.3, -0.25) is 4.79 Å². The number of thiazole rings is 1. The SMILES string of the molecule is C=CC(=O)N1C2C=C(c3nc(Nc4ncc(C)s4)cc4c3ccn4C(C)C)CC1COC2. The molecule has 2 unspecified atom stereocenters. The number of hydrogen-bond donors (Lipinski definition) is 1. The molecule has 1 saturated heterocycles.